The number of carboxylic acids is 1. The Bertz CT molecular complexity index is 550. The van der Waals surface area contributed by atoms with Crippen LogP contribution in [-0.2, 0) is 9.59 Å². The van der Waals surface area contributed by atoms with Crippen LogP contribution in [0.1, 0.15) is 37.9 Å². The fraction of sp³-hybridized carbons (Fsp3) is 0.500. The number of aryl methyl sites for hydroxylation is 1. The average molecular weight is 275 g/mol. The molecule has 1 aliphatic rings. The summed E-state index contributed by atoms with van der Waals surface area (Å²) in [7, 11) is 0. The highest BCUT2D eigenvalue weighted by atomic mass is 16.4. The number of carbonyl (C=O) groups excluding carboxylic acids is 1. The van der Waals surface area contributed by atoms with Crippen LogP contribution >= 0.6 is 0 Å². The summed E-state index contributed by atoms with van der Waals surface area (Å²) < 4.78 is 0. The number of amides is 1. The van der Waals surface area contributed by atoms with Crippen molar-refractivity contribution in [2.75, 3.05) is 0 Å². The van der Waals surface area contributed by atoms with Gasteiger partial charge in [-0.2, -0.15) is 0 Å². The fourth-order valence-corrected chi connectivity index (χ4v) is 3.04. The summed E-state index contributed by atoms with van der Waals surface area (Å²) in [5.41, 5.74) is 1.72. The minimum absolute atomic E-state index is 0.116. The molecule has 20 heavy (non-hydrogen) atoms. The number of hydrogen-bond acceptors (Lipinski definition) is 2. The molecular weight excluding hydrogens is 254 g/mol. The van der Waals surface area contributed by atoms with E-state index in [0.717, 1.165) is 11.1 Å². The SMILES string of the molecule is Cc1ccccc1[C@H](C)NC(=O)C1C(C(=O)O)C1(C)C. The van der Waals surface area contributed by atoms with Crippen molar-refractivity contribution in [3.63, 3.8) is 0 Å². The van der Waals surface area contributed by atoms with Gasteiger partial charge in [-0.15, -0.1) is 0 Å². The second-order valence-electron chi connectivity index (χ2n) is 6.20. The molecule has 1 aromatic rings. The monoisotopic (exact) mass is 275 g/mol. The molecule has 4 heteroatoms. The van der Waals surface area contributed by atoms with E-state index in [9.17, 15) is 9.59 Å². The molecule has 0 aromatic heterocycles. The van der Waals surface area contributed by atoms with Crippen LogP contribution in [0.3, 0.4) is 0 Å². The molecule has 1 fully saturated rings. The van der Waals surface area contributed by atoms with Gasteiger partial charge in [-0.25, -0.2) is 0 Å². The highest BCUT2D eigenvalue weighted by Gasteiger charge is 2.65. The van der Waals surface area contributed by atoms with E-state index in [-0.39, 0.29) is 11.9 Å². The normalized spacial score (nSPS) is 24.8. The third-order valence-electron chi connectivity index (χ3n) is 4.39. The standard InChI is InChI=1S/C16H21NO3/c1-9-7-5-6-8-11(9)10(2)17-14(18)12-13(15(19)20)16(12,3)4/h5-8,10,12-13H,1-4H3,(H,17,18)(H,19,20)/t10-,12?,13?/m0/s1. The molecular formula is C16H21NO3. The summed E-state index contributed by atoms with van der Waals surface area (Å²) in [6.45, 7) is 7.58. The van der Waals surface area contributed by atoms with Gasteiger partial charge in [-0.1, -0.05) is 38.1 Å². The van der Waals surface area contributed by atoms with Crippen LogP contribution in [0.2, 0.25) is 0 Å². The van der Waals surface area contributed by atoms with Crippen molar-refractivity contribution in [2.24, 2.45) is 17.3 Å². The number of benzene rings is 1. The topological polar surface area (TPSA) is 66.4 Å². The fourth-order valence-electron chi connectivity index (χ4n) is 3.04. The molecule has 2 unspecified atom stereocenters. The van der Waals surface area contributed by atoms with Crippen molar-refractivity contribution >= 4 is 11.9 Å². The van der Waals surface area contributed by atoms with Crippen LogP contribution in [0.5, 0.6) is 0 Å². The maximum absolute atomic E-state index is 12.3. The summed E-state index contributed by atoms with van der Waals surface area (Å²) in [5, 5.41) is 12.1. The zero-order valence-corrected chi connectivity index (χ0v) is 12.3. The lowest BCUT2D eigenvalue weighted by atomic mass is 10.0. The van der Waals surface area contributed by atoms with Crippen LogP contribution < -0.4 is 5.32 Å². The smallest absolute Gasteiger partial charge is 0.307 e. The molecule has 2 rings (SSSR count). The van der Waals surface area contributed by atoms with Gasteiger partial charge in [0.25, 0.3) is 0 Å². The molecule has 4 nitrogen and oxygen atoms in total. The van der Waals surface area contributed by atoms with Crippen LogP contribution in [0, 0.1) is 24.2 Å². The molecule has 2 N–H and O–H groups in total. The molecule has 1 aliphatic carbocycles. The first-order valence-corrected chi connectivity index (χ1v) is 6.85. The van der Waals surface area contributed by atoms with Crippen LogP contribution in [0.15, 0.2) is 24.3 Å². The first kappa shape index (κ1) is 14.6. The number of rotatable bonds is 4. The molecule has 108 valence electrons. The largest absolute Gasteiger partial charge is 0.481 e. The summed E-state index contributed by atoms with van der Waals surface area (Å²) in [5.74, 6) is -2.07. The second kappa shape index (κ2) is 4.93. The van der Waals surface area contributed by atoms with Gasteiger partial charge in [0.15, 0.2) is 0 Å². The molecule has 1 saturated carbocycles. The molecule has 1 amide bonds. The van der Waals surface area contributed by atoms with Gasteiger partial charge in [-0.05, 0) is 30.4 Å². The summed E-state index contributed by atoms with van der Waals surface area (Å²) in [6.07, 6.45) is 0. The number of aliphatic carboxylic acids is 1. The van der Waals surface area contributed by atoms with Crippen molar-refractivity contribution < 1.29 is 14.7 Å². The van der Waals surface area contributed by atoms with Gasteiger partial charge in [-0.3, -0.25) is 9.59 Å². The molecule has 0 bridgehead atoms. The first-order chi connectivity index (χ1) is 9.26. The van der Waals surface area contributed by atoms with E-state index in [4.69, 9.17) is 5.11 Å². The molecule has 0 heterocycles. The molecule has 0 aliphatic heterocycles. The van der Waals surface area contributed by atoms with Crippen molar-refractivity contribution in [2.45, 2.75) is 33.7 Å². The second-order valence-corrected chi connectivity index (χ2v) is 6.20. The van der Waals surface area contributed by atoms with Crippen molar-refractivity contribution in [3.8, 4) is 0 Å². The predicted molar refractivity (Wildman–Crippen MR) is 76.1 cm³/mol. The Morgan fingerprint density at radius 1 is 1.25 bits per heavy atom. The molecule has 0 saturated heterocycles. The maximum Gasteiger partial charge on any atom is 0.307 e. The van der Waals surface area contributed by atoms with Crippen LogP contribution in [0.25, 0.3) is 0 Å². The van der Waals surface area contributed by atoms with Gasteiger partial charge < -0.3 is 10.4 Å². The van der Waals surface area contributed by atoms with Crippen LogP contribution in [0.4, 0.5) is 0 Å². The van der Waals surface area contributed by atoms with E-state index in [0.29, 0.717) is 0 Å². The van der Waals surface area contributed by atoms with E-state index < -0.39 is 23.2 Å². The minimum Gasteiger partial charge on any atom is -0.481 e. The van der Waals surface area contributed by atoms with E-state index in [1.165, 1.54) is 0 Å². The van der Waals surface area contributed by atoms with Gasteiger partial charge in [0.1, 0.15) is 0 Å². The molecule has 0 radical (unpaired) electrons. The highest BCUT2D eigenvalue weighted by molar-refractivity contribution is 5.91. The van der Waals surface area contributed by atoms with Gasteiger partial charge >= 0.3 is 5.97 Å². The van der Waals surface area contributed by atoms with Gasteiger partial charge in [0.05, 0.1) is 17.9 Å². The Balaban J connectivity index is 2.07. The Morgan fingerprint density at radius 2 is 1.85 bits per heavy atom. The predicted octanol–water partition coefficient (Wildman–Crippen LogP) is 2.53. The van der Waals surface area contributed by atoms with Crippen molar-refractivity contribution in [1.29, 1.82) is 0 Å². The van der Waals surface area contributed by atoms with Gasteiger partial charge in [0.2, 0.25) is 5.91 Å². The lowest BCUT2D eigenvalue weighted by molar-refractivity contribution is -0.140. The maximum atomic E-state index is 12.3. The van der Waals surface area contributed by atoms with Crippen LogP contribution in [-0.4, -0.2) is 17.0 Å². The van der Waals surface area contributed by atoms with E-state index >= 15 is 0 Å². The third kappa shape index (κ3) is 2.42. The molecule has 3 atom stereocenters. The summed E-state index contributed by atoms with van der Waals surface area (Å²) in [4.78, 5) is 23.4. The molecule has 1 aromatic carbocycles. The summed E-state index contributed by atoms with van der Waals surface area (Å²) in [6, 6.07) is 7.75. The van der Waals surface area contributed by atoms with E-state index in [1.807, 2.05) is 52.0 Å². The Hall–Kier alpha value is -1.84. The Kier molecular flexibility index (Phi) is 3.59. The Morgan fingerprint density at radius 3 is 2.35 bits per heavy atom. The third-order valence-corrected chi connectivity index (χ3v) is 4.39. The highest BCUT2D eigenvalue weighted by Crippen LogP contribution is 2.58. The summed E-state index contributed by atoms with van der Waals surface area (Å²) >= 11 is 0. The quantitative estimate of drug-likeness (QED) is 0.887. The zero-order valence-electron chi connectivity index (χ0n) is 12.3. The zero-order chi connectivity index (χ0) is 15.1. The number of nitrogens with one attached hydrogen (secondary N) is 1. The van der Waals surface area contributed by atoms with Crippen molar-refractivity contribution in [3.05, 3.63) is 35.4 Å². The lowest BCUT2D eigenvalue weighted by Crippen LogP contribution is -2.30. The minimum atomic E-state index is -0.890. The lowest BCUT2D eigenvalue weighted by Gasteiger charge is -2.17. The first-order valence-electron chi connectivity index (χ1n) is 6.85. The number of carboxylic acid groups (broad SMARTS) is 1. The van der Waals surface area contributed by atoms with E-state index in [1.54, 1.807) is 0 Å². The molecule has 0 spiro atoms. The number of hydrogen-bond donors (Lipinski definition) is 2. The van der Waals surface area contributed by atoms with E-state index in [2.05, 4.69) is 5.32 Å². The van der Waals surface area contributed by atoms with Gasteiger partial charge in [0, 0.05) is 0 Å². The average Bonchev–Trinajstić information content (AvgIpc) is 2.93. The Labute approximate surface area is 119 Å². The number of carbonyl (C=O) groups is 2. The van der Waals surface area contributed by atoms with Crippen molar-refractivity contribution in [1.82, 2.24) is 5.32 Å².